The van der Waals surface area contributed by atoms with Gasteiger partial charge in [-0.3, -0.25) is 0 Å². The smallest absolute Gasteiger partial charge is 0.00604 e. The normalized spacial score (nSPS) is 22.5. The minimum absolute atomic E-state index is 0.444. The maximum Gasteiger partial charge on any atom is 0.00604 e. The zero-order valence-electron chi connectivity index (χ0n) is 10.7. The van der Waals surface area contributed by atoms with Gasteiger partial charge in [-0.2, -0.15) is 0 Å². The Kier molecular flexibility index (Phi) is 3.27. The minimum Gasteiger partial charge on any atom is -0.309 e. The van der Waals surface area contributed by atoms with Crippen LogP contribution in [0.5, 0.6) is 0 Å². The first kappa shape index (κ1) is 12.0. The molecule has 0 radical (unpaired) electrons. The van der Waals surface area contributed by atoms with Gasteiger partial charge in [0.2, 0.25) is 0 Å². The number of rotatable bonds is 3. The third-order valence-corrected chi connectivity index (χ3v) is 2.61. The Hall–Kier alpha value is -0.0800. The third-order valence-electron chi connectivity index (χ3n) is 2.61. The highest BCUT2D eigenvalue weighted by Gasteiger charge is 2.39. The van der Waals surface area contributed by atoms with Crippen molar-refractivity contribution in [2.45, 2.75) is 27.7 Å². The Bertz CT molecular complexity index is 185. The van der Waals surface area contributed by atoms with Crippen LogP contribution in [0.2, 0.25) is 0 Å². The molecule has 0 atom stereocenters. The summed E-state index contributed by atoms with van der Waals surface area (Å²) in [6.07, 6.45) is 0. The maximum absolute atomic E-state index is 2.57. The van der Waals surface area contributed by atoms with Crippen molar-refractivity contribution in [2.24, 2.45) is 10.8 Å². The van der Waals surface area contributed by atoms with Crippen molar-refractivity contribution in [1.82, 2.24) is 9.80 Å². The molecule has 0 N–H and O–H groups in total. The highest BCUT2D eigenvalue weighted by atomic mass is 15.2. The Morgan fingerprint density at radius 1 is 1.21 bits per heavy atom. The average Bonchev–Trinajstić information content (AvgIpc) is 1.76. The molecule has 0 unspecified atom stereocenters. The predicted molar refractivity (Wildman–Crippen MR) is 62.6 cm³/mol. The Balaban J connectivity index is 2.28. The molecule has 0 aromatic heterocycles. The highest BCUT2D eigenvalue weighted by molar-refractivity contribution is 4.94. The van der Waals surface area contributed by atoms with Crippen LogP contribution in [0.3, 0.4) is 0 Å². The van der Waals surface area contributed by atoms with Gasteiger partial charge in [0.15, 0.2) is 0 Å². The summed E-state index contributed by atoms with van der Waals surface area (Å²) in [5, 5.41) is 0. The van der Waals surface area contributed by atoms with Crippen molar-refractivity contribution in [3.63, 3.8) is 0 Å². The van der Waals surface area contributed by atoms with E-state index in [1.807, 2.05) is 0 Å². The molecule has 0 saturated carbocycles. The van der Waals surface area contributed by atoms with Crippen LogP contribution in [-0.4, -0.2) is 50.1 Å². The molecule has 0 spiro atoms. The van der Waals surface area contributed by atoms with Gasteiger partial charge in [-0.1, -0.05) is 27.7 Å². The summed E-state index contributed by atoms with van der Waals surface area (Å²) in [4.78, 5) is 4.87. The van der Waals surface area contributed by atoms with Gasteiger partial charge in [-0.15, -0.1) is 0 Å². The molecule has 1 heterocycles. The second-order valence-electron chi connectivity index (χ2n) is 6.75. The first-order valence-corrected chi connectivity index (χ1v) is 5.57. The van der Waals surface area contributed by atoms with Gasteiger partial charge in [0, 0.05) is 31.6 Å². The van der Waals surface area contributed by atoms with Crippen molar-refractivity contribution in [2.75, 3.05) is 40.3 Å². The Morgan fingerprint density at radius 2 is 1.71 bits per heavy atom. The lowest BCUT2D eigenvalue weighted by atomic mass is 9.80. The predicted octanol–water partition coefficient (Wildman–Crippen LogP) is 1.92. The van der Waals surface area contributed by atoms with E-state index in [9.17, 15) is 0 Å². The molecule has 1 aliphatic heterocycles. The second kappa shape index (κ2) is 3.82. The number of likely N-dealkylation sites (tertiary alicyclic amines) is 1. The standard InChI is InChI=1S/C12H26N2/c1-11(2,3)7-14-9-12(4,10-14)8-13(5)6/h7-10H2,1-6H3. The van der Waals surface area contributed by atoms with E-state index < -0.39 is 0 Å². The van der Waals surface area contributed by atoms with Gasteiger partial charge < -0.3 is 9.80 Å². The fourth-order valence-electron chi connectivity index (χ4n) is 2.68. The van der Waals surface area contributed by atoms with Crippen molar-refractivity contribution in [1.29, 1.82) is 0 Å². The number of nitrogens with zero attached hydrogens (tertiary/aromatic N) is 2. The minimum atomic E-state index is 0.444. The monoisotopic (exact) mass is 198 g/mol. The molecule has 14 heavy (non-hydrogen) atoms. The molecular formula is C12H26N2. The summed E-state index contributed by atoms with van der Waals surface area (Å²) >= 11 is 0. The van der Waals surface area contributed by atoms with Crippen LogP contribution < -0.4 is 0 Å². The first-order valence-electron chi connectivity index (χ1n) is 5.57. The quantitative estimate of drug-likeness (QED) is 0.683. The molecular weight excluding hydrogens is 172 g/mol. The van der Waals surface area contributed by atoms with Crippen LogP contribution in [0.1, 0.15) is 27.7 Å². The summed E-state index contributed by atoms with van der Waals surface area (Å²) in [6, 6.07) is 0. The van der Waals surface area contributed by atoms with E-state index in [4.69, 9.17) is 0 Å². The van der Waals surface area contributed by atoms with Gasteiger partial charge in [-0.25, -0.2) is 0 Å². The summed E-state index contributed by atoms with van der Waals surface area (Å²) in [6.45, 7) is 14.3. The molecule has 2 heteroatoms. The van der Waals surface area contributed by atoms with Crippen LogP contribution in [-0.2, 0) is 0 Å². The molecule has 84 valence electrons. The molecule has 1 saturated heterocycles. The number of hydrogen-bond donors (Lipinski definition) is 0. The second-order valence-corrected chi connectivity index (χ2v) is 6.75. The molecule has 1 fully saturated rings. The van der Waals surface area contributed by atoms with Crippen LogP contribution in [0.15, 0.2) is 0 Å². The van der Waals surface area contributed by atoms with Crippen LogP contribution in [0.25, 0.3) is 0 Å². The zero-order valence-corrected chi connectivity index (χ0v) is 10.7. The molecule has 0 aliphatic carbocycles. The third kappa shape index (κ3) is 3.58. The van der Waals surface area contributed by atoms with E-state index >= 15 is 0 Å². The fraction of sp³-hybridized carbons (Fsp3) is 1.00. The Morgan fingerprint density at radius 3 is 2.07 bits per heavy atom. The highest BCUT2D eigenvalue weighted by Crippen LogP contribution is 2.32. The maximum atomic E-state index is 2.57. The van der Waals surface area contributed by atoms with Crippen molar-refractivity contribution < 1.29 is 0 Å². The SMILES string of the molecule is CN(C)CC1(C)CN(CC(C)(C)C)C1. The van der Waals surface area contributed by atoms with Gasteiger partial charge in [0.05, 0.1) is 0 Å². The largest absolute Gasteiger partial charge is 0.309 e. The lowest BCUT2D eigenvalue weighted by Crippen LogP contribution is -2.60. The summed E-state index contributed by atoms with van der Waals surface area (Å²) in [5.41, 5.74) is 0.980. The zero-order chi connectivity index (χ0) is 11.0. The summed E-state index contributed by atoms with van der Waals surface area (Å²) in [5.74, 6) is 0. The van der Waals surface area contributed by atoms with Crippen molar-refractivity contribution >= 4 is 0 Å². The molecule has 1 rings (SSSR count). The lowest BCUT2D eigenvalue weighted by Gasteiger charge is -2.51. The molecule has 0 amide bonds. The van der Waals surface area contributed by atoms with E-state index in [1.165, 1.54) is 26.2 Å². The van der Waals surface area contributed by atoms with E-state index in [0.717, 1.165) is 0 Å². The lowest BCUT2D eigenvalue weighted by molar-refractivity contribution is -0.0214. The van der Waals surface area contributed by atoms with Gasteiger partial charge in [-0.05, 0) is 19.5 Å². The van der Waals surface area contributed by atoms with E-state index in [1.54, 1.807) is 0 Å². The summed E-state index contributed by atoms with van der Waals surface area (Å²) in [7, 11) is 4.33. The van der Waals surface area contributed by atoms with Gasteiger partial charge in [0.25, 0.3) is 0 Å². The van der Waals surface area contributed by atoms with Crippen LogP contribution in [0, 0.1) is 10.8 Å². The first-order chi connectivity index (χ1) is 6.20. The van der Waals surface area contributed by atoms with Gasteiger partial charge >= 0.3 is 0 Å². The van der Waals surface area contributed by atoms with Crippen molar-refractivity contribution in [3.05, 3.63) is 0 Å². The molecule has 1 aliphatic rings. The number of hydrogen-bond acceptors (Lipinski definition) is 2. The average molecular weight is 198 g/mol. The van der Waals surface area contributed by atoms with E-state index in [2.05, 4.69) is 51.6 Å². The van der Waals surface area contributed by atoms with E-state index in [0.29, 0.717) is 10.8 Å². The molecule has 0 bridgehead atoms. The molecule has 0 aromatic rings. The Labute approximate surface area is 89.3 Å². The molecule has 0 aromatic carbocycles. The topological polar surface area (TPSA) is 6.48 Å². The van der Waals surface area contributed by atoms with Crippen molar-refractivity contribution in [3.8, 4) is 0 Å². The van der Waals surface area contributed by atoms with Crippen LogP contribution >= 0.6 is 0 Å². The fourth-order valence-corrected chi connectivity index (χ4v) is 2.68. The molecule has 2 nitrogen and oxygen atoms in total. The van der Waals surface area contributed by atoms with Crippen LogP contribution in [0.4, 0.5) is 0 Å². The summed E-state index contributed by atoms with van der Waals surface area (Å²) < 4.78 is 0. The van der Waals surface area contributed by atoms with E-state index in [-0.39, 0.29) is 0 Å². The van der Waals surface area contributed by atoms with Gasteiger partial charge in [0.1, 0.15) is 0 Å².